The minimum absolute atomic E-state index is 0.0238. The van der Waals surface area contributed by atoms with Crippen molar-refractivity contribution >= 4 is 50.8 Å². The zero-order chi connectivity index (χ0) is 26.3. The Bertz CT molecular complexity index is 1420. The fraction of sp³-hybridized carbons (Fsp3) is 0.462. The number of nitrogens with zero attached hydrogens (tertiary/aromatic N) is 4. The molecule has 1 aliphatic carbocycles. The van der Waals surface area contributed by atoms with Gasteiger partial charge >= 0.3 is 5.97 Å². The number of benzene rings is 1. The number of aliphatic hydroxyl groups excluding tert-OH is 1. The van der Waals surface area contributed by atoms with E-state index in [0.717, 1.165) is 47.4 Å². The number of β-amino-alcohol motifs (C(OH)–C–C–N with tert-alkyl or cyclic N) is 1. The number of fused-ring (bicyclic) bond motifs is 3. The van der Waals surface area contributed by atoms with E-state index in [-0.39, 0.29) is 48.8 Å². The molecule has 0 radical (unpaired) electrons. The number of hydrogen-bond acceptors (Lipinski definition) is 8. The Hall–Kier alpha value is -3.44. The first kappa shape index (κ1) is 25.2. The molecular formula is C26H31N5O5S. The van der Waals surface area contributed by atoms with E-state index in [4.69, 9.17) is 9.72 Å². The maximum Gasteiger partial charge on any atom is 0.337 e. The largest absolute Gasteiger partial charge is 0.466 e. The highest BCUT2D eigenvalue weighted by atomic mass is 32.1. The number of imidazole rings is 1. The van der Waals surface area contributed by atoms with Gasteiger partial charge in [-0.15, -0.1) is 0 Å². The summed E-state index contributed by atoms with van der Waals surface area (Å²) in [5.41, 5.74) is 3.33. The van der Waals surface area contributed by atoms with E-state index in [1.165, 1.54) is 29.8 Å². The minimum atomic E-state index is -0.594. The van der Waals surface area contributed by atoms with E-state index < -0.39 is 5.97 Å². The van der Waals surface area contributed by atoms with Crippen LogP contribution in [0.2, 0.25) is 0 Å². The first-order valence-electron chi connectivity index (χ1n) is 12.5. The molecule has 0 atom stereocenters. The third-order valence-corrected chi connectivity index (χ3v) is 8.47. The second kappa shape index (κ2) is 10.1. The monoisotopic (exact) mass is 525 g/mol. The second-order valence-electron chi connectivity index (χ2n) is 9.58. The van der Waals surface area contributed by atoms with Gasteiger partial charge in [0.1, 0.15) is 10.6 Å². The van der Waals surface area contributed by atoms with Crippen molar-refractivity contribution in [3.8, 4) is 0 Å². The number of ether oxygens (including phenoxy) is 1. The van der Waals surface area contributed by atoms with Crippen LogP contribution in [-0.4, -0.2) is 82.0 Å². The number of carbonyl (C=O) groups excluding carboxylic acids is 3. The molecule has 3 aromatic rings. The molecule has 5 rings (SSSR count). The molecule has 2 aromatic heterocycles. The Morgan fingerprint density at radius 2 is 2.03 bits per heavy atom. The normalized spacial score (nSPS) is 16.8. The van der Waals surface area contributed by atoms with Crippen LogP contribution in [-0.2, 0) is 14.3 Å². The average molecular weight is 526 g/mol. The van der Waals surface area contributed by atoms with Crippen molar-refractivity contribution in [3.63, 3.8) is 0 Å². The quantitative estimate of drug-likeness (QED) is 0.456. The smallest absolute Gasteiger partial charge is 0.337 e. The van der Waals surface area contributed by atoms with Crippen molar-refractivity contribution in [1.29, 1.82) is 0 Å². The van der Waals surface area contributed by atoms with Gasteiger partial charge in [0.2, 0.25) is 0 Å². The van der Waals surface area contributed by atoms with Gasteiger partial charge in [-0.05, 0) is 38.0 Å². The summed E-state index contributed by atoms with van der Waals surface area (Å²) in [5, 5.41) is 12.4. The van der Waals surface area contributed by atoms with Crippen molar-refractivity contribution in [1.82, 2.24) is 19.2 Å². The fourth-order valence-electron chi connectivity index (χ4n) is 5.28. The summed E-state index contributed by atoms with van der Waals surface area (Å²) in [6.45, 7) is 1.91. The van der Waals surface area contributed by atoms with E-state index in [2.05, 4.69) is 5.32 Å². The topological polar surface area (TPSA) is 116 Å². The van der Waals surface area contributed by atoms with E-state index in [1.54, 1.807) is 6.07 Å². The van der Waals surface area contributed by atoms with Gasteiger partial charge in [-0.25, -0.2) is 9.78 Å². The van der Waals surface area contributed by atoms with Gasteiger partial charge in [-0.3, -0.25) is 14.0 Å². The Morgan fingerprint density at radius 3 is 2.73 bits per heavy atom. The Labute approximate surface area is 218 Å². The van der Waals surface area contributed by atoms with Crippen molar-refractivity contribution in [3.05, 3.63) is 40.0 Å². The second-order valence-corrected chi connectivity index (χ2v) is 10.6. The summed E-state index contributed by atoms with van der Waals surface area (Å²) in [6.07, 6.45) is 5.63. The average Bonchev–Trinajstić information content (AvgIpc) is 3.54. The van der Waals surface area contributed by atoms with Crippen LogP contribution in [0.15, 0.2) is 29.5 Å². The van der Waals surface area contributed by atoms with Gasteiger partial charge in [-0.1, -0.05) is 30.6 Å². The highest BCUT2D eigenvalue weighted by Gasteiger charge is 2.34. The van der Waals surface area contributed by atoms with Crippen LogP contribution in [0.25, 0.3) is 16.0 Å². The number of carbonyl (C=O) groups is 3. The molecule has 2 aliphatic rings. The van der Waals surface area contributed by atoms with E-state index in [1.807, 2.05) is 35.4 Å². The Morgan fingerprint density at radius 1 is 1.27 bits per heavy atom. The highest BCUT2D eigenvalue weighted by Crippen LogP contribution is 2.32. The summed E-state index contributed by atoms with van der Waals surface area (Å²) >= 11 is 1.39. The van der Waals surface area contributed by atoms with Crippen LogP contribution >= 0.6 is 11.3 Å². The Balaban J connectivity index is 1.48. The number of nitrogens with one attached hydrogen (secondary N) is 1. The number of methoxy groups -OCH3 is 1. The van der Waals surface area contributed by atoms with E-state index in [0.29, 0.717) is 10.6 Å². The van der Waals surface area contributed by atoms with Crippen LogP contribution in [0.4, 0.5) is 5.69 Å². The lowest BCUT2D eigenvalue weighted by Crippen LogP contribution is -2.38. The van der Waals surface area contributed by atoms with E-state index >= 15 is 0 Å². The lowest BCUT2D eigenvalue weighted by molar-refractivity contribution is -0.136. The molecule has 1 aliphatic heterocycles. The molecule has 1 saturated carbocycles. The van der Waals surface area contributed by atoms with E-state index in [9.17, 15) is 19.5 Å². The lowest BCUT2D eigenvalue weighted by atomic mass is 9.94. The first-order valence-corrected chi connectivity index (χ1v) is 13.3. The molecule has 0 saturated heterocycles. The number of thiazole rings is 1. The first-order chi connectivity index (χ1) is 17.8. The number of aliphatic hydroxyl groups is 1. The van der Waals surface area contributed by atoms with Gasteiger partial charge in [0, 0.05) is 31.0 Å². The molecule has 2 amide bonds. The standard InChI is InChI=1S/C26H31N5O5S/c1-15-22(24(34)29(2)17-7-5-4-6-8-17)37-26-28-19-10-9-16(13-20(19)31(15)26)27-21-18(25(35)36-3)14-30(11-12-32)23(21)33/h9-10,13,17,27,32H,4-8,11-12,14H2,1-3H3. The predicted octanol–water partition coefficient (Wildman–Crippen LogP) is 2.94. The molecule has 2 N–H and O–H groups in total. The SMILES string of the molecule is COC(=O)C1=C(Nc2ccc3nc4sc(C(=O)N(C)C5CCCCC5)c(C)n4c3c2)C(=O)N(CCO)C1. The fourth-order valence-corrected chi connectivity index (χ4v) is 6.40. The molecule has 0 bridgehead atoms. The van der Waals surface area contributed by atoms with Crippen LogP contribution in [0, 0.1) is 6.92 Å². The zero-order valence-electron chi connectivity index (χ0n) is 21.2. The van der Waals surface area contributed by atoms with Crippen LogP contribution in [0.1, 0.15) is 47.5 Å². The van der Waals surface area contributed by atoms with Gasteiger partial charge in [0.05, 0.1) is 36.9 Å². The molecule has 0 unspecified atom stereocenters. The van der Waals surface area contributed by atoms with Crippen LogP contribution < -0.4 is 5.32 Å². The zero-order valence-corrected chi connectivity index (χ0v) is 22.1. The molecule has 11 heteroatoms. The van der Waals surface area contributed by atoms with Gasteiger partial charge in [-0.2, -0.15) is 0 Å². The lowest BCUT2D eigenvalue weighted by Gasteiger charge is -2.31. The number of aromatic nitrogens is 2. The van der Waals surface area contributed by atoms with Gasteiger partial charge in [0.25, 0.3) is 11.8 Å². The number of amides is 2. The maximum absolute atomic E-state index is 13.4. The summed E-state index contributed by atoms with van der Waals surface area (Å²) in [6, 6.07) is 5.77. The molecule has 3 heterocycles. The van der Waals surface area contributed by atoms with Crippen LogP contribution in [0.5, 0.6) is 0 Å². The number of rotatable bonds is 7. The maximum atomic E-state index is 13.4. The number of anilines is 1. The summed E-state index contributed by atoms with van der Waals surface area (Å²) in [4.78, 5) is 48.0. The minimum Gasteiger partial charge on any atom is -0.466 e. The summed E-state index contributed by atoms with van der Waals surface area (Å²) in [5.74, 6) is -0.947. The third-order valence-electron chi connectivity index (χ3n) is 7.34. The third kappa shape index (κ3) is 4.46. The number of aryl methyl sites for hydroxylation is 1. The number of esters is 1. The molecular weight excluding hydrogens is 494 g/mol. The number of hydrogen-bond donors (Lipinski definition) is 2. The highest BCUT2D eigenvalue weighted by molar-refractivity contribution is 7.19. The van der Waals surface area contributed by atoms with Crippen molar-refractivity contribution in [2.24, 2.45) is 0 Å². The summed E-state index contributed by atoms with van der Waals surface area (Å²) < 4.78 is 6.84. The Kier molecular flexibility index (Phi) is 6.91. The van der Waals surface area contributed by atoms with Gasteiger partial charge in [0.15, 0.2) is 4.96 Å². The van der Waals surface area contributed by atoms with Crippen LogP contribution in [0.3, 0.4) is 0 Å². The van der Waals surface area contributed by atoms with Gasteiger partial charge < -0.3 is 25.0 Å². The summed E-state index contributed by atoms with van der Waals surface area (Å²) in [7, 11) is 3.16. The predicted molar refractivity (Wildman–Crippen MR) is 141 cm³/mol. The molecule has 37 heavy (non-hydrogen) atoms. The molecule has 10 nitrogen and oxygen atoms in total. The van der Waals surface area contributed by atoms with Crippen molar-refractivity contribution in [2.45, 2.75) is 45.1 Å². The van der Waals surface area contributed by atoms with Crippen molar-refractivity contribution in [2.75, 3.05) is 39.2 Å². The molecule has 1 aromatic carbocycles. The molecule has 196 valence electrons. The van der Waals surface area contributed by atoms with Crippen molar-refractivity contribution < 1.29 is 24.2 Å². The molecule has 1 fully saturated rings. The molecule has 0 spiro atoms.